The number of imide groups is 1. The van der Waals surface area contributed by atoms with E-state index in [9.17, 15) is 23.6 Å². The summed E-state index contributed by atoms with van der Waals surface area (Å²) < 4.78 is 14.3. The smallest absolute Gasteiger partial charge is 0.325 e. The van der Waals surface area contributed by atoms with E-state index >= 15 is 0 Å². The third-order valence-electron chi connectivity index (χ3n) is 5.31. The fraction of sp³-hybridized carbons (Fsp3) is 0.238. The maximum absolute atomic E-state index is 14.3. The van der Waals surface area contributed by atoms with Gasteiger partial charge in [-0.25, -0.2) is 9.18 Å². The highest BCUT2D eigenvalue weighted by molar-refractivity contribution is 6.12. The summed E-state index contributed by atoms with van der Waals surface area (Å²) in [7, 11) is 0. The number of hydrogen-bond acceptors (Lipinski definition) is 4. The molecule has 148 valence electrons. The number of nitrogens with one attached hydrogen (secondary N) is 2. The van der Waals surface area contributed by atoms with Gasteiger partial charge in [0.1, 0.15) is 11.4 Å². The van der Waals surface area contributed by atoms with Crippen LogP contribution in [0.1, 0.15) is 34.8 Å². The monoisotopic (exact) mass is 395 g/mol. The highest BCUT2D eigenvalue weighted by Gasteiger charge is 2.55. The maximum Gasteiger partial charge on any atom is 0.325 e. The number of urea groups is 1. The summed E-state index contributed by atoms with van der Waals surface area (Å²) in [6.07, 6.45) is 1.06. The number of aryl methyl sites for hydroxylation is 1. The van der Waals surface area contributed by atoms with Crippen molar-refractivity contribution in [3.63, 3.8) is 0 Å². The lowest BCUT2D eigenvalue weighted by molar-refractivity contribution is -0.131. The van der Waals surface area contributed by atoms with Crippen LogP contribution in [0.3, 0.4) is 0 Å². The summed E-state index contributed by atoms with van der Waals surface area (Å²) in [6, 6.07) is 10.3. The molecule has 0 radical (unpaired) electrons. The second-order valence-corrected chi connectivity index (χ2v) is 7.18. The van der Waals surface area contributed by atoms with E-state index in [1.165, 1.54) is 19.1 Å². The van der Waals surface area contributed by atoms with Gasteiger partial charge in [0.15, 0.2) is 5.78 Å². The molecule has 0 bridgehead atoms. The van der Waals surface area contributed by atoms with Gasteiger partial charge in [-0.3, -0.25) is 19.3 Å². The molecule has 2 aliphatic rings. The van der Waals surface area contributed by atoms with Gasteiger partial charge in [-0.15, -0.1) is 0 Å². The molecular weight excluding hydrogens is 377 g/mol. The Bertz CT molecular complexity index is 1070. The molecule has 1 spiro atoms. The number of fused-ring (bicyclic) bond motifs is 2. The first-order valence-corrected chi connectivity index (χ1v) is 9.14. The van der Waals surface area contributed by atoms with Crippen LogP contribution in [0.4, 0.5) is 14.9 Å². The van der Waals surface area contributed by atoms with Crippen LogP contribution in [-0.2, 0) is 21.5 Å². The number of carbonyl (C=O) groups excluding carboxylic acids is 4. The Kier molecular flexibility index (Phi) is 4.41. The first-order valence-electron chi connectivity index (χ1n) is 9.14. The molecule has 2 N–H and O–H groups in total. The normalized spacial score (nSPS) is 20.0. The molecule has 7 nitrogen and oxygen atoms in total. The van der Waals surface area contributed by atoms with Crippen molar-refractivity contribution in [1.29, 1.82) is 0 Å². The number of rotatable bonds is 4. The van der Waals surface area contributed by atoms with Gasteiger partial charge in [0.25, 0.3) is 5.91 Å². The van der Waals surface area contributed by atoms with Crippen LogP contribution in [0, 0.1) is 5.82 Å². The SMILES string of the molecule is CC(=O)Nc1ccc(C(=O)CN2C(=O)N[C@]3(CCc4ccccc43)C2=O)c(F)c1. The number of benzene rings is 2. The minimum atomic E-state index is -1.16. The Morgan fingerprint density at radius 3 is 2.69 bits per heavy atom. The van der Waals surface area contributed by atoms with Crippen LogP contribution in [0.15, 0.2) is 42.5 Å². The van der Waals surface area contributed by atoms with E-state index in [-0.39, 0.29) is 17.2 Å². The average Bonchev–Trinajstić information content (AvgIpc) is 3.15. The number of carbonyl (C=O) groups is 4. The average molecular weight is 395 g/mol. The van der Waals surface area contributed by atoms with Crippen LogP contribution >= 0.6 is 0 Å². The summed E-state index contributed by atoms with van der Waals surface area (Å²) in [5, 5.41) is 5.15. The lowest BCUT2D eigenvalue weighted by Crippen LogP contribution is -2.42. The van der Waals surface area contributed by atoms with E-state index in [2.05, 4.69) is 10.6 Å². The molecule has 0 unspecified atom stereocenters. The van der Waals surface area contributed by atoms with Gasteiger partial charge in [0.05, 0.1) is 12.1 Å². The van der Waals surface area contributed by atoms with E-state index in [4.69, 9.17) is 0 Å². The lowest BCUT2D eigenvalue weighted by Gasteiger charge is -2.22. The van der Waals surface area contributed by atoms with Gasteiger partial charge in [0, 0.05) is 12.6 Å². The van der Waals surface area contributed by atoms with E-state index < -0.39 is 35.6 Å². The molecule has 4 amide bonds. The van der Waals surface area contributed by atoms with Crippen LogP contribution in [0.2, 0.25) is 0 Å². The van der Waals surface area contributed by atoms with Crippen molar-refractivity contribution in [3.8, 4) is 0 Å². The molecule has 8 heteroatoms. The Morgan fingerprint density at radius 1 is 1.21 bits per heavy atom. The van der Waals surface area contributed by atoms with Gasteiger partial charge in [-0.1, -0.05) is 24.3 Å². The van der Waals surface area contributed by atoms with E-state index in [1.54, 1.807) is 12.1 Å². The molecule has 1 atom stereocenters. The molecule has 1 aliphatic heterocycles. The molecular formula is C21H18FN3O4. The molecule has 1 heterocycles. The molecule has 0 saturated carbocycles. The third kappa shape index (κ3) is 3.06. The molecule has 1 fully saturated rings. The highest BCUT2D eigenvalue weighted by atomic mass is 19.1. The number of nitrogens with zero attached hydrogens (tertiary/aromatic N) is 1. The molecule has 1 aliphatic carbocycles. The van der Waals surface area contributed by atoms with Crippen molar-refractivity contribution in [3.05, 3.63) is 65.0 Å². The number of halogens is 1. The number of Topliss-reactive ketones (excluding diaryl/α,β-unsaturated/α-hetero) is 1. The number of ketones is 1. The van der Waals surface area contributed by atoms with Crippen molar-refractivity contribution in [2.75, 3.05) is 11.9 Å². The summed E-state index contributed by atoms with van der Waals surface area (Å²) in [4.78, 5) is 50.1. The molecule has 1 saturated heterocycles. The Balaban J connectivity index is 1.56. The van der Waals surface area contributed by atoms with Gasteiger partial charge < -0.3 is 10.6 Å². The molecule has 4 rings (SSSR count). The van der Waals surface area contributed by atoms with Gasteiger partial charge >= 0.3 is 6.03 Å². The zero-order valence-electron chi connectivity index (χ0n) is 15.6. The standard InChI is InChI=1S/C21H18FN3O4/c1-12(26)23-14-6-7-15(17(22)10-14)18(27)11-25-19(28)21(24-20(25)29)9-8-13-4-2-3-5-16(13)21/h2-7,10H,8-9,11H2,1H3,(H,23,26)(H,24,29)/t21-/m0/s1. The molecule has 29 heavy (non-hydrogen) atoms. The van der Waals surface area contributed by atoms with Crippen LogP contribution in [-0.4, -0.2) is 35.1 Å². The summed E-state index contributed by atoms with van der Waals surface area (Å²) in [5.74, 6) is -2.42. The Labute approximate surface area is 165 Å². The summed E-state index contributed by atoms with van der Waals surface area (Å²) >= 11 is 0. The van der Waals surface area contributed by atoms with E-state index in [0.717, 1.165) is 22.1 Å². The lowest BCUT2D eigenvalue weighted by atomic mass is 9.92. The minimum Gasteiger partial charge on any atom is -0.326 e. The molecule has 0 aromatic heterocycles. The number of amides is 4. The first-order chi connectivity index (χ1) is 13.8. The first kappa shape index (κ1) is 18.8. The summed E-state index contributed by atoms with van der Waals surface area (Å²) in [5.41, 5.74) is 0.505. The predicted octanol–water partition coefficient (Wildman–Crippen LogP) is 2.36. The van der Waals surface area contributed by atoms with Crippen molar-refractivity contribution in [1.82, 2.24) is 10.2 Å². The third-order valence-corrected chi connectivity index (χ3v) is 5.31. The van der Waals surface area contributed by atoms with Crippen molar-refractivity contribution >= 4 is 29.3 Å². The Hall–Kier alpha value is -3.55. The van der Waals surface area contributed by atoms with Gasteiger partial charge in [-0.05, 0) is 42.2 Å². The maximum atomic E-state index is 14.3. The zero-order chi connectivity index (χ0) is 20.8. The van der Waals surface area contributed by atoms with Crippen LogP contribution in [0.25, 0.3) is 0 Å². The second kappa shape index (κ2) is 6.80. The minimum absolute atomic E-state index is 0.211. The Morgan fingerprint density at radius 2 is 1.97 bits per heavy atom. The molecule has 2 aromatic carbocycles. The van der Waals surface area contributed by atoms with Crippen LogP contribution < -0.4 is 10.6 Å². The number of anilines is 1. The number of hydrogen-bond donors (Lipinski definition) is 2. The van der Waals surface area contributed by atoms with Crippen molar-refractivity contribution < 1.29 is 23.6 Å². The van der Waals surface area contributed by atoms with Gasteiger partial charge in [-0.2, -0.15) is 0 Å². The van der Waals surface area contributed by atoms with E-state index in [0.29, 0.717) is 12.8 Å². The zero-order valence-corrected chi connectivity index (χ0v) is 15.6. The second-order valence-electron chi connectivity index (χ2n) is 7.18. The van der Waals surface area contributed by atoms with E-state index in [1.807, 2.05) is 12.1 Å². The fourth-order valence-electron chi connectivity index (χ4n) is 3.98. The largest absolute Gasteiger partial charge is 0.326 e. The van der Waals surface area contributed by atoms with Crippen molar-refractivity contribution in [2.45, 2.75) is 25.3 Å². The van der Waals surface area contributed by atoms with Gasteiger partial charge in [0.2, 0.25) is 5.91 Å². The van der Waals surface area contributed by atoms with Crippen LogP contribution in [0.5, 0.6) is 0 Å². The van der Waals surface area contributed by atoms with Crippen molar-refractivity contribution in [2.24, 2.45) is 0 Å². The topological polar surface area (TPSA) is 95.6 Å². The predicted molar refractivity (Wildman–Crippen MR) is 102 cm³/mol. The molecule has 2 aromatic rings. The quantitative estimate of drug-likeness (QED) is 0.614. The summed E-state index contributed by atoms with van der Waals surface area (Å²) in [6.45, 7) is 0.719. The highest BCUT2D eigenvalue weighted by Crippen LogP contribution is 2.41. The fourth-order valence-corrected chi connectivity index (χ4v) is 3.98.